The standard InChI is InChI=1S/C17H21FN4O/c1-12(13-10-19-11-13)17(23)20-8-6-15-7-9-22(21-15)16-4-2-14(18)3-5-16/h2-5,7,9,12-13,19H,6,8,10-11H2,1H3,(H,20,23). The summed E-state index contributed by atoms with van der Waals surface area (Å²) in [4.78, 5) is 12.0. The molecule has 1 aromatic heterocycles. The predicted octanol–water partition coefficient (Wildman–Crippen LogP) is 1.53. The maximum absolute atomic E-state index is 12.9. The number of hydrogen-bond acceptors (Lipinski definition) is 3. The number of carbonyl (C=O) groups is 1. The first-order valence-corrected chi connectivity index (χ1v) is 7.92. The smallest absolute Gasteiger partial charge is 0.223 e. The van der Waals surface area contributed by atoms with Crippen molar-refractivity contribution in [1.82, 2.24) is 20.4 Å². The summed E-state index contributed by atoms with van der Waals surface area (Å²) in [5, 5.41) is 10.6. The number of aromatic nitrogens is 2. The van der Waals surface area contributed by atoms with Crippen molar-refractivity contribution in [1.29, 1.82) is 0 Å². The summed E-state index contributed by atoms with van der Waals surface area (Å²) in [7, 11) is 0. The van der Waals surface area contributed by atoms with Gasteiger partial charge in [0.15, 0.2) is 0 Å². The fourth-order valence-corrected chi connectivity index (χ4v) is 2.59. The molecule has 1 unspecified atom stereocenters. The van der Waals surface area contributed by atoms with Crippen LogP contribution in [0.4, 0.5) is 4.39 Å². The lowest BCUT2D eigenvalue weighted by molar-refractivity contribution is -0.126. The molecule has 1 saturated heterocycles. The van der Waals surface area contributed by atoms with Crippen LogP contribution in [0.2, 0.25) is 0 Å². The molecule has 2 heterocycles. The molecule has 0 aliphatic carbocycles. The number of benzene rings is 1. The van der Waals surface area contributed by atoms with Crippen molar-refractivity contribution in [2.75, 3.05) is 19.6 Å². The molecule has 1 aromatic carbocycles. The first kappa shape index (κ1) is 15.7. The summed E-state index contributed by atoms with van der Waals surface area (Å²) in [5.41, 5.74) is 1.71. The van der Waals surface area contributed by atoms with Crippen molar-refractivity contribution in [2.45, 2.75) is 13.3 Å². The second kappa shape index (κ2) is 6.91. The Morgan fingerprint density at radius 1 is 1.39 bits per heavy atom. The van der Waals surface area contributed by atoms with E-state index in [1.807, 2.05) is 19.2 Å². The highest BCUT2D eigenvalue weighted by Crippen LogP contribution is 2.15. The number of amides is 1. The minimum Gasteiger partial charge on any atom is -0.355 e. The third-order valence-electron chi connectivity index (χ3n) is 4.35. The maximum Gasteiger partial charge on any atom is 0.223 e. The highest BCUT2D eigenvalue weighted by molar-refractivity contribution is 5.78. The summed E-state index contributed by atoms with van der Waals surface area (Å²) in [6.45, 7) is 4.40. The number of carbonyl (C=O) groups excluding carboxylic acids is 1. The van der Waals surface area contributed by atoms with Crippen LogP contribution in [-0.2, 0) is 11.2 Å². The van der Waals surface area contributed by atoms with E-state index in [2.05, 4.69) is 15.7 Å². The zero-order valence-electron chi connectivity index (χ0n) is 13.1. The molecule has 1 aliphatic heterocycles. The Kier molecular flexibility index (Phi) is 4.71. The van der Waals surface area contributed by atoms with Crippen molar-refractivity contribution >= 4 is 5.91 Å². The molecule has 6 heteroatoms. The fraction of sp³-hybridized carbons (Fsp3) is 0.412. The van der Waals surface area contributed by atoms with Gasteiger partial charge in [0.1, 0.15) is 5.82 Å². The number of nitrogens with zero attached hydrogens (tertiary/aromatic N) is 2. The highest BCUT2D eigenvalue weighted by atomic mass is 19.1. The van der Waals surface area contributed by atoms with E-state index in [0.29, 0.717) is 18.9 Å². The van der Waals surface area contributed by atoms with Crippen LogP contribution >= 0.6 is 0 Å². The molecular formula is C17H21FN4O. The van der Waals surface area contributed by atoms with Gasteiger partial charge in [0.05, 0.1) is 11.4 Å². The van der Waals surface area contributed by atoms with E-state index in [4.69, 9.17) is 0 Å². The van der Waals surface area contributed by atoms with Crippen LogP contribution in [0.15, 0.2) is 36.5 Å². The maximum atomic E-state index is 12.9. The number of nitrogens with one attached hydrogen (secondary N) is 2. The van der Waals surface area contributed by atoms with Crippen LogP contribution in [0.5, 0.6) is 0 Å². The summed E-state index contributed by atoms with van der Waals surface area (Å²) in [6.07, 6.45) is 2.52. The predicted molar refractivity (Wildman–Crippen MR) is 85.8 cm³/mol. The van der Waals surface area contributed by atoms with Gasteiger partial charge in [0, 0.05) is 25.1 Å². The van der Waals surface area contributed by atoms with Crippen molar-refractivity contribution in [3.63, 3.8) is 0 Å². The van der Waals surface area contributed by atoms with Gasteiger partial charge in [0.2, 0.25) is 5.91 Å². The molecule has 2 aromatic rings. The van der Waals surface area contributed by atoms with E-state index in [1.54, 1.807) is 16.8 Å². The monoisotopic (exact) mass is 316 g/mol. The molecule has 0 saturated carbocycles. The Morgan fingerprint density at radius 2 is 2.13 bits per heavy atom. The first-order chi connectivity index (χ1) is 11.1. The van der Waals surface area contributed by atoms with Gasteiger partial charge < -0.3 is 10.6 Å². The van der Waals surface area contributed by atoms with E-state index in [0.717, 1.165) is 24.5 Å². The third-order valence-corrected chi connectivity index (χ3v) is 4.35. The Hall–Kier alpha value is -2.21. The molecule has 1 aliphatic rings. The lowest BCUT2D eigenvalue weighted by Crippen LogP contribution is -2.49. The summed E-state index contributed by atoms with van der Waals surface area (Å²) < 4.78 is 14.6. The largest absolute Gasteiger partial charge is 0.355 e. The van der Waals surface area contributed by atoms with E-state index in [1.165, 1.54) is 12.1 Å². The highest BCUT2D eigenvalue weighted by Gasteiger charge is 2.28. The molecule has 0 spiro atoms. The van der Waals surface area contributed by atoms with Crippen molar-refractivity contribution in [2.24, 2.45) is 11.8 Å². The van der Waals surface area contributed by atoms with Gasteiger partial charge in [-0.2, -0.15) is 5.10 Å². The molecule has 5 nitrogen and oxygen atoms in total. The Balaban J connectivity index is 1.49. The van der Waals surface area contributed by atoms with Crippen LogP contribution < -0.4 is 10.6 Å². The molecule has 1 amide bonds. The first-order valence-electron chi connectivity index (χ1n) is 7.92. The molecule has 3 rings (SSSR count). The van der Waals surface area contributed by atoms with E-state index in [-0.39, 0.29) is 17.6 Å². The fourth-order valence-electron chi connectivity index (χ4n) is 2.59. The minimum absolute atomic E-state index is 0.0491. The third kappa shape index (κ3) is 3.76. The second-order valence-electron chi connectivity index (χ2n) is 5.98. The minimum atomic E-state index is -0.264. The number of halogens is 1. The lowest BCUT2D eigenvalue weighted by Gasteiger charge is -2.31. The normalized spacial score (nSPS) is 15.9. The zero-order chi connectivity index (χ0) is 16.2. The molecule has 23 heavy (non-hydrogen) atoms. The molecule has 122 valence electrons. The van der Waals surface area contributed by atoms with Crippen LogP contribution in [0.25, 0.3) is 5.69 Å². The summed E-state index contributed by atoms with van der Waals surface area (Å²) >= 11 is 0. The average molecular weight is 316 g/mol. The molecule has 1 fully saturated rings. The zero-order valence-corrected chi connectivity index (χ0v) is 13.1. The molecular weight excluding hydrogens is 295 g/mol. The lowest BCUT2D eigenvalue weighted by atomic mass is 9.88. The van der Waals surface area contributed by atoms with Gasteiger partial charge in [0.25, 0.3) is 0 Å². The Morgan fingerprint density at radius 3 is 2.78 bits per heavy atom. The van der Waals surface area contributed by atoms with Gasteiger partial charge >= 0.3 is 0 Å². The van der Waals surface area contributed by atoms with Gasteiger partial charge in [-0.25, -0.2) is 9.07 Å². The van der Waals surface area contributed by atoms with E-state index in [9.17, 15) is 9.18 Å². The topological polar surface area (TPSA) is 59.0 Å². The average Bonchev–Trinajstić information content (AvgIpc) is 2.95. The van der Waals surface area contributed by atoms with Gasteiger partial charge in [-0.15, -0.1) is 0 Å². The molecule has 0 radical (unpaired) electrons. The van der Waals surface area contributed by atoms with Crippen LogP contribution in [0.3, 0.4) is 0 Å². The van der Waals surface area contributed by atoms with Gasteiger partial charge in [-0.3, -0.25) is 4.79 Å². The van der Waals surface area contributed by atoms with Crippen molar-refractivity contribution in [3.8, 4) is 5.69 Å². The number of hydrogen-bond donors (Lipinski definition) is 2. The van der Waals surface area contributed by atoms with Crippen molar-refractivity contribution in [3.05, 3.63) is 48.0 Å². The van der Waals surface area contributed by atoms with Crippen molar-refractivity contribution < 1.29 is 9.18 Å². The van der Waals surface area contributed by atoms with Crippen LogP contribution in [0, 0.1) is 17.7 Å². The number of rotatable bonds is 6. The summed E-state index contributed by atoms with van der Waals surface area (Å²) in [6, 6.07) is 8.10. The second-order valence-corrected chi connectivity index (χ2v) is 5.98. The van der Waals surface area contributed by atoms with Crippen LogP contribution in [0.1, 0.15) is 12.6 Å². The molecule has 2 N–H and O–H groups in total. The van der Waals surface area contributed by atoms with E-state index < -0.39 is 0 Å². The SMILES string of the molecule is CC(C(=O)NCCc1ccn(-c2ccc(F)cc2)n1)C1CNC1. The molecule has 1 atom stereocenters. The quantitative estimate of drug-likeness (QED) is 0.850. The van der Waals surface area contributed by atoms with Gasteiger partial charge in [-0.1, -0.05) is 6.92 Å². The molecule has 0 bridgehead atoms. The Labute approximate surface area is 134 Å². The Bertz CT molecular complexity index is 663. The van der Waals surface area contributed by atoms with E-state index >= 15 is 0 Å². The summed E-state index contributed by atoms with van der Waals surface area (Å²) in [5.74, 6) is 0.342. The van der Waals surface area contributed by atoms with Crippen LogP contribution in [-0.4, -0.2) is 35.3 Å². The van der Waals surface area contributed by atoms with Gasteiger partial charge in [-0.05, 0) is 49.3 Å².